The van der Waals surface area contributed by atoms with Crippen molar-refractivity contribution in [1.82, 2.24) is 0 Å². The molecule has 0 spiro atoms. The van der Waals surface area contributed by atoms with Crippen LogP contribution >= 0.6 is 39.7 Å². The minimum atomic E-state index is -0.496. The van der Waals surface area contributed by atoms with E-state index in [-0.39, 0.29) is 10.8 Å². The van der Waals surface area contributed by atoms with Gasteiger partial charge in [0.05, 0.1) is 34.5 Å². The highest BCUT2D eigenvalue weighted by Crippen LogP contribution is 2.30. The van der Waals surface area contributed by atoms with E-state index in [1.54, 1.807) is 12.1 Å². The van der Waals surface area contributed by atoms with Crippen LogP contribution in [0.15, 0.2) is 40.9 Å². The molecule has 0 atom stereocenters. The second-order valence-electron chi connectivity index (χ2n) is 4.34. The fraction of sp³-hybridized carbons (Fsp3) is 0.0714. The highest BCUT2D eigenvalue weighted by molar-refractivity contribution is 9.10. The van der Waals surface area contributed by atoms with E-state index in [1.807, 2.05) is 6.07 Å². The first-order valence-corrected chi connectivity index (χ1v) is 7.84. The highest BCUT2D eigenvalue weighted by Gasteiger charge is 2.12. The van der Waals surface area contributed by atoms with Crippen molar-refractivity contribution in [2.75, 3.05) is 17.7 Å². The number of nitro groups is 1. The third-order valence-electron chi connectivity index (χ3n) is 2.82. The van der Waals surface area contributed by atoms with Crippen LogP contribution in [0.25, 0.3) is 0 Å². The van der Waals surface area contributed by atoms with Crippen molar-refractivity contribution in [3.63, 3.8) is 0 Å². The number of benzene rings is 2. The quantitative estimate of drug-likeness (QED) is 0.422. The molecule has 0 aliphatic heterocycles. The minimum absolute atomic E-state index is 0.0674. The van der Waals surface area contributed by atoms with E-state index in [1.165, 1.54) is 25.3 Å². The molecule has 0 aromatic heterocycles. The van der Waals surface area contributed by atoms with Gasteiger partial charge in [-0.05, 0) is 36.5 Å². The Morgan fingerprint density at radius 2 is 1.91 bits per heavy atom. The van der Waals surface area contributed by atoms with Gasteiger partial charge < -0.3 is 15.4 Å². The molecule has 0 aliphatic rings. The Morgan fingerprint density at radius 1 is 1.26 bits per heavy atom. The van der Waals surface area contributed by atoms with E-state index in [4.69, 9.17) is 28.6 Å². The lowest BCUT2D eigenvalue weighted by Crippen LogP contribution is -2.19. The lowest BCUT2D eigenvalue weighted by atomic mass is 10.2. The summed E-state index contributed by atoms with van der Waals surface area (Å²) >= 11 is 14.7. The molecular weight excluding hydrogens is 406 g/mol. The van der Waals surface area contributed by atoms with Crippen LogP contribution in [0.3, 0.4) is 0 Å². The monoisotopic (exact) mass is 415 g/mol. The number of thiocarbonyl (C=S) groups is 1. The van der Waals surface area contributed by atoms with Crippen LogP contribution < -0.4 is 15.4 Å². The van der Waals surface area contributed by atoms with Gasteiger partial charge in [0.2, 0.25) is 0 Å². The maximum Gasteiger partial charge on any atom is 0.273 e. The third-order valence-corrected chi connectivity index (χ3v) is 3.83. The normalized spacial score (nSPS) is 10.0. The second-order valence-corrected chi connectivity index (χ2v) is 6.08. The average Bonchev–Trinajstić information content (AvgIpc) is 2.50. The molecule has 0 saturated carbocycles. The van der Waals surface area contributed by atoms with Crippen molar-refractivity contribution in [2.24, 2.45) is 0 Å². The molecule has 23 heavy (non-hydrogen) atoms. The molecule has 2 aromatic carbocycles. The molecular formula is C14H11BrClN3O3S. The Morgan fingerprint density at radius 3 is 2.52 bits per heavy atom. The number of nitro benzene ring substituents is 1. The molecule has 120 valence electrons. The van der Waals surface area contributed by atoms with E-state index in [0.717, 1.165) is 4.47 Å². The molecule has 0 amide bonds. The molecule has 2 aromatic rings. The number of ether oxygens (including phenoxy) is 1. The van der Waals surface area contributed by atoms with Gasteiger partial charge in [-0.1, -0.05) is 27.5 Å². The van der Waals surface area contributed by atoms with Crippen LogP contribution in [-0.4, -0.2) is 17.1 Å². The number of rotatable bonds is 4. The fourth-order valence-corrected chi connectivity index (χ4v) is 2.70. The number of nitrogens with one attached hydrogen (secondary N) is 2. The summed E-state index contributed by atoms with van der Waals surface area (Å²) in [6.07, 6.45) is 0. The Kier molecular flexibility index (Phi) is 5.75. The van der Waals surface area contributed by atoms with Gasteiger partial charge in [0, 0.05) is 10.5 Å². The predicted molar refractivity (Wildman–Crippen MR) is 98.6 cm³/mol. The molecule has 6 nitrogen and oxygen atoms in total. The summed E-state index contributed by atoms with van der Waals surface area (Å²) in [7, 11) is 1.42. The fourth-order valence-electron chi connectivity index (χ4n) is 1.76. The van der Waals surface area contributed by atoms with Gasteiger partial charge in [0.25, 0.3) is 5.69 Å². The molecule has 0 saturated heterocycles. The molecule has 0 bridgehead atoms. The van der Waals surface area contributed by atoms with Gasteiger partial charge in [-0.15, -0.1) is 0 Å². The molecule has 0 aliphatic carbocycles. The number of hydrogen-bond acceptors (Lipinski definition) is 4. The van der Waals surface area contributed by atoms with Crippen LogP contribution in [0.4, 0.5) is 17.1 Å². The first kappa shape index (κ1) is 17.5. The van der Waals surface area contributed by atoms with E-state index in [2.05, 4.69) is 26.6 Å². The van der Waals surface area contributed by atoms with Crippen molar-refractivity contribution < 1.29 is 9.66 Å². The van der Waals surface area contributed by atoms with Crippen molar-refractivity contribution in [1.29, 1.82) is 0 Å². The van der Waals surface area contributed by atoms with Crippen molar-refractivity contribution in [2.45, 2.75) is 0 Å². The van der Waals surface area contributed by atoms with Crippen LogP contribution in [0.2, 0.25) is 5.02 Å². The van der Waals surface area contributed by atoms with Gasteiger partial charge in [0.15, 0.2) is 5.11 Å². The minimum Gasteiger partial charge on any atom is -0.494 e. The molecule has 2 N–H and O–H groups in total. The van der Waals surface area contributed by atoms with E-state index >= 15 is 0 Å². The number of non-ortho nitro benzene ring substituents is 1. The summed E-state index contributed by atoms with van der Waals surface area (Å²) in [6, 6.07) is 9.53. The lowest BCUT2D eigenvalue weighted by Gasteiger charge is -2.14. The second kappa shape index (κ2) is 7.58. The molecule has 2 rings (SSSR count). The smallest absolute Gasteiger partial charge is 0.273 e. The molecule has 0 unspecified atom stereocenters. The zero-order valence-corrected chi connectivity index (χ0v) is 15.0. The number of anilines is 2. The largest absolute Gasteiger partial charge is 0.494 e. The van der Waals surface area contributed by atoms with Gasteiger partial charge >= 0.3 is 0 Å². The van der Waals surface area contributed by atoms with Crippen molar-refractivity contribution in [3.05, 3.63) is 56.0 Å². The average molecular weight is 417 g/mol. The molecule has 0 fully saturated rings. The molecule has 0 radical (unpaired) electrons. The summed E-state index contributed by atoms with van der Waals surface area (Å²) in [5, 5.41) is 17.4. The topological polar surface area (TPSA) is 76.4 Å². The number of methoxy groups -OCH3 is 1. The lowest BCUT2D eigenvalue weighted by molar-refractivity contribution is -0.384. The summed E-state index contributed by atoms with van der Waals surface area (Å²) in [4.78, 5) is 10.3. The van der Waals surface area contributed by atoms with Crippen molar-refractivity contribution >= 4 is 61.9 Å². The molecule has 9 heteroatoms. The van der Waals surface area contributed by atoms with Gasteiger partial charge in [-0.25, -0.2) is 0 Å². The Bertz CT molecular complexity index is 773. The molecule has 0 heterocycles. The van der Waals surface area contributed by atoms with Crippen LogP contribution in [-0.2, 0) is 0 Å². The summed E-state index contributed by atoms with van der Waals surface area (Å²) in [5.74, 6) is 0.310. The van der Waals surface area contributed by atoms with Crippen LogP contribution in [0.1, 0.15) is 0 Å². The van der Waals surface area contributed by atoms with Crippen LogP contribution in [0, 0.1) is 10.1 Å². The summed E-state index contributed by atoms with van der Waals surface area (Å²) in [5.41, 5.74) is 1.07. The van der Waals surface area contributed by atoms with E-state index in [9.17, 15) is 10.1 Å². The first-order chi connectivity index (χ1) is 10.9. The number of nitrogens with zero attached hydrogens (tertiary/aromatic N) is 1. The maximum atomic E-state index is 10.8. The van der Waals surface area contributed by atoms with Gasteiger partial charge in [-0.3, -0.25) is 10.1 Å². The van der Waals surface area contributed by atoms with E-state index in [0.29, 0.717) is 22.1 Å². The SMILES string of the molecule is COc1cc([N+](=O)[O-])ccc1NC(=S)Nc1ccc(Br)cc1Cl. The Labute approximate surface area is 151 Å². The number of hydrogen-bond donors (Lipinski definition) is 2. The standard InChI is InChI=1S/C14H11BrClN3O3S/c1-22-13-7-9(19(20)21)3-5-12(13)18-14(23)17-11-4-2-8(15)6-10(11)16/h2-7H,1H3,(H2,17,18,23). The Balaban J connectivity index is 2.15. The van der Waals surface area contributed by atoms with Gasteiger partial charge in [0.1, 0.15) is 5.75 Å². The zero-order valence-electron chi connectivity index (χ0n) is 11.8. The first-order valence-electron chi connectivity index (χ1n) is 6.26. The Hall–Kier alpha value is -1.90. The zero-order chi connectivity index (χ0) is 17.0. The van der Waals surface area contributed by atoms with Crippen molar-refractivity contribution in [3.8, 4) is 5.75 Å². The number of halogens is 2. The third kappa shape index (κ3) is 4.54. The maximum absolute atomic E-state index is 10.8. The highest BCUT2D eigenvalue weighted by atomic mass is 79.9. The van der Waals surface area contributed by atoms with Crippen LogP contribution in [0.5, 0.6) is 5.75 Å². The predicted octanol–water partition coefficient (Wildman–Crippen LogP) is 4.83. The van der Waals surface area contributed by atoms with E-state index < -0.39 is 4.92 Å². The summed E-state index contributed by atoms with van der Waals surface area (Å²) < 4.78 is 5.99. The summed E-state index contributed by atoms with van der Waals surface area (Å²) in [6.45, 7) is 0. The van der Waals surface area contributed by atoms with Gasteiger partial charge in [-0.2, -0.15) is 0 Å².